The van der Waals surface area contributed by atoms with Crippen molar-refractivity contribution in [3.63, 3.8) is 0 Å². The van der Waals surface area contributed by atoms with Crippen LogP contribution in [0, 0.1) is 0 Å². The molecular formula is C28H33ClN6OS. The molecule has 1 aliphatic rings. The van der Waals surface area contributed by atoms with Crippen molar-refractivity contribution in [1.82, 2.24) is 14.7 Å². The summed E-state index contributed by atoms with van der Waals surface area (Å²) in [6.45, 7) is 6.00. The molecule has 0 spiro atoms. The van der Waals surface area contributed by atoms with Gasteiger partial charge in [-0.3, -0.25) is 4.79 Å². The van der Waals surface area contributed by atoms with E-state index in [0.717, 1.165) is 41.8 Å². The Bertz CT molecular complexity index is 1280. The maximum atomic E-state index is 12.8. The highest BCUT2D eigenvalue weighted by molar-refractivity contribution is 7.98. The number of benzene rings is 3. The van der Waals surface area contributed by atoms with Gasteiger partial charge in [-0.2, -0.15) is 0 Å². The number of carbonyl (C=O) groups excluding carboxylic acids is 1. The van der Waals surface area contributed by atoms with Gasteiger partial charge in [-0.15, -0.1) is 0 Å². The van der Waals surface area contributed by atoms with E-state index in [1.807, 2.05) is 80.6 Å². The summed E-state index contributed by atoms with van der Waals surface area (Å²) in [5.41, 5.74) is 9.37. The number of hydrogen-bond donors (Lipinski definition) is 4. The fourth-order valence-corrected chi connectivity index (χ4v) is 4.54. The summed E-state index contributed by atoms with van der Waals surface area (Å²) in [6.07, 6.45) is 5.10. The second-order valence-corrected chi connectivity index (χ2v) is 9.23. The SMILES string of the molecule is C/C=C\C.CN.O=C(Nc1ccc(Cl)c(-c2nc3ccccc3[nH]2)c1)c1ccc(N2CCCNS2)cc1. The number of nitrogens with two attached hydrogens (primary N) is 1. The average molecular weight is 537 g/mol. The summed E-state index contributed by atoms with van der Waals surface area (Å²) in [5, 5.41) is 3.52. The molecule has 5 N–H and O–H groups in total. The number of carbonyl (C=O) groups is 1. The van der Waals surface area contributed by atoms with E-state index >= 15 is 0 Å². The Labute approximate surface area is 227 Å². The lowest BCUT2D eigenvalue weighted by molar-refractivity contribution is 0.102. The Morgan fingerprint density at radius 1 is 1.08 bits per heavy atom. The first kappa shape index (κ1) is 28.3. The van der Waals surface area contributed by atoms with Gasteiger partial charge in [0.25, 0.3) is 5.91 Å². The van der Waals surface area contributed by atoms with Gasteiger partial charge in [-0.1, -0.05) is 35.9 Å². The normalized spacial score (nSPS) is 12.9. The number of nitrogens with zero attached hydrogens (tertiary/aromatic N) is 2. The van der Waals surface area contributed by atoms with Crippen LogP contribution in [0.4, 0.5) is 11.4 Å². The number of nitrogens with one attached hydrogen (secondary N) is 3. The molecule has 0 bridgehead atoms. The van der Waals surface area contributed by atoms with Crippen molar-refractivity contribution in [2.75, 3.05) is 29.8 Å². The number of fused-ring (bicyclic) bond motifs is 1. The first-order chi connectivity index (χ1) is 18.1. The van der Waals surface area contributed by atoms with E-state index < -0.39 is 0 Å². The number of amides is 1. The van der Waals surface area contributed by atoms with Crippen molar-refractivity contribution in [3.05, 3.63) is 89.5 Å². The van der Waals surface area contributed by atoms with Gasteiger partial charge in [-0.05, 0) is 81.9 Å². The third kappa shape index (κ3) is 7.60. The lowest BCUT2D eigenvalue weighted by Gasteiger charge is -2.27. The van der Waals surface area contributed by atoms with Gasteiger partial charge in [0.05, 0.1) is 16.1 Å². The zero-order valence-corrected chi connectivity index (χ0v) is 22.9. The number of H-pyrrole nitrogens is 1. The molecule has 1 aromatic heterocycles. The number of aromatic nitrogens is 2. The second kappa shape index (κ2) is 14.4. The van der Waals surface area contributed by atoms with Gasteiger partial charge in [0.15, 0.2) is 0 Å². The standard InChI is InChI=1S/C23H20ClN5OS.C4H8.CH5N/c24-19-11-8-16(14-18(19)22-27-20-4-1-2-5-21(20)28-22)26-23(30)15-6-9-17(10-7-15)29-13-3-12-25-31-29;1-3-4-2;1-2/h1-2,4-11,14,25H,3,12-13H2,(H,26,30)(H,27,28);3-4H,1-2H3;2H2,1H3/b;4-3-;. The molecule has 9 heteroatoms. The fourth-order valence-electron chi connectivity index (χ4n) is 3.49. The quantitative estimate of drug-likeness (QED) is 0.172. The molecule has 0 atom stereocenters. The van der Waals surface area contributed by atoms with Gasteiger partial charge in [-0.25, -0.2) is 9.71 Å². The monoisotopic (exact) mass is 536 g/mol. The highest BCUT2D eigenvalue weighted by Gasteiger charge is 2.14. The number of para-hydroxylation sites is 2. The number of aromatic amines is 1. The van der Waals surface area contributed by atoms with Crippen molar-refractivity contribution in [1.29, 1.82) is 0 Å². The fraction of sp³-hybridized carbons (Fsp3) is 0.214. The summed E-state index contributed by atoms with van der Waals surface area (Å²) in [6, 6.07) is 20.8. The largest absolute Gasteiger partial charge is 0.338 e. The Morgan fingerprint density at radius 2 is 1.81 bits per heavy atom. The molecule has 3 aromatic carbocycles. The van der Waals surface area contributed by atoms with E-state index in [9.17, 15) is 4.79 Å². The predicted octanol–water partition coefficient (Wildman–Crippen LogP) is 6.66. The van der Waals surface area contributed by atoms with E-state index in [2.05, 4.69) is 30.0 Å². The molecule has 5 rings (SSSR count). The number of imidazole rings is 1. The van der Waals surface area contributed by atoms with Crippen LogP contribution in [0.5, 0.6) is 0 Å². The van der Waals surface area contributed by atoms with Crippen LogP contribution in [0.25, 0.3) is 22.4 Å². The van der Waals surface area contributed by atoms with Crippen LogP contribution in [0.2, 0.25) is 5.02 Å². The predicted molar refractivity (Wildman–Crippen MR) is 159 cm³/mol. The zero-order chi connectivity index (χ0) is 26.6. The first-order valence-corrected chi connectivity index (χ1v) is 13.2. The van der Waals surface area contributed by atoms with Crippen LogP contribution in [-0.4, -0.2) is 36.0 Å². The van der Waals surface area contributed by atoms with E-state index in [-0.39, 0.29) is 5.91 Å². The maximum Gasteiger partial charge on any atom is 0.255 e. The minimum absolute atomic E-state index is 0.172. The summed E-state index contributed by atoms with van der Waals surface area (Å²) in [4.78, 5) is 20.7. The lowest BCUT2D eigenvalue weighted by atomic mass is 10.1. The third-order valence-electron chi connectivity index (χ3n) is 5.43. The lowest BCUT2D eigenvalue weighted by Crippen LogP contribution is -2.29. The summed E-state index contributed by atoms with van der Waals surface area (Å²) in [7, 11) is 1.50. The number of hydrogen-bond acceptors (Lipinski definition) is 6. The van der Waals surface area contributed by atoms with Crippen LogP contribution >= 0.6 is 23.7 Å². The Morgan fingerprint density at radius 3 is 2.46 bits per heavy atom. The molecule has 1 aliphatic heterocycles. The van der Waals surface area contributed by atoms with Gasteiger partial charge in [0.2, 0.25) is 0 Å². The Balaban J connectivity index is 0.000000580. The second-order valence-electron chi connectivity index (χ2n) is 7.91. The molecule has 0 unspecified atom stereocenters. The summed E-state index contributed by atoms with van der Waals surface area (Å²) >= 11 is 8.02. The van der Waals surface area contributed by atoms with E-state index in [1.54, 1.807) is 24.3 Å². The molecule has 2 heterocycles. The van der Waals surface area contributed by atoms with Gasteiger partial charge in [0.1, 0.15) is 5.82 Å². The molecule has 0 aliphatic carbocycles. The minimum Gasteiger partial charge on any atom is -0.338 e. The van der Waals surface area contributed by atoms with Gasteiger partial charge in [0, 0.05) is 47.7 Å². The highest BCUT2D eigenvalue weighted by atomic mass is 35.5. The first-order valence-electron chi connectivity index (χ1n) is 12.1. The molecule has 4 aromatic rings. The van der Waals surface area contributed by atoms with Crippen molar-refractivity contribution in [2.45, 2.75) is 20.3 Å². The number of rotatable bonds is 4. The van der Waals surface area contributed by atoms with Crippen molar-refractivity contribution in [2.24, 2.45) is 5.73 Å². The topological polar surface area (TPSA) is 99.1 Å². The molecule has 7 nitrogen and oxygen atoms in total. The molecule has 0 saturated carbocycles. The average Bonchev–Trinajstić information content (AvgIpc) is 3.40. The summed E-state index contributed by atoms with van der Waals surface area (Å²) < 4.78 is 5.46. The number of anilines is 2. The Kier molecular flexibility index (Phi) is 11.0. The molecule has 1 saturated heterocycles. The van der Waals surface area contributed by atoms with Crippen LogP contribution in [-0.2, 0) is 0 Å². The Hall–Kier alpha value is -3.30. The number of halogens is 1. The summed E-state index contributed by atoms with van der Waals surface area (Å²) in [5.74, 6) is 0.494. The molecule has 37 heavy (non-hydrogen) atoms. The smallest absolute Gasteiger partial charge is 0.255 e. The van der Waals surface area contributed by atoms with Crippen LogP contribution in [0.3, 0.4) is 0 Å². The number of allylic oxidation sites excluding steroid dienone is 2. The molecule has 1 fully saturated rings. The zero-order valence-electron chi connectivity index (χ0n) is 21.3. The van der Waals surface area contributed by atoms with Crippen molar-refractivity contribution >= 4 is 52.1 Å². The van der Waals surface area contributed by atoms with Crippen LogP contribution in [0.15, 0.2) is 78.9 Å². The van der Waals surface area contributed by atoms with Crippen molar-refractivity contribution < 1.29 is 4.79 Å². The van der Waals surface area contributed by atoms with Crippen LogP contribution < -0.4 is 20.1 Å². The molecular weight excluding hydrogens is 504 g/mol. The molecule has 1 amide bonds. The highest BCUT2D eigenvalue weighted by Crippen LogP contribution is 2.30. The van der Waals surface area contributed by atoms with E-state index in [0.29, 0.717) is 22.1 Å². The third-order valence-corrected chi connectivity index (χ3v) is 6.71. The van der Waals surface area contributed by atoms with E-state index in [1.165, 1.54) is 7.05 Å². The van der Waals surface area contributed by atoms with E-state index in [4.69, 9.17) is 11.6 Å². The van der Waals surface area contributed by atoms with Crippen molar-refractivity contribution in [3.8, 4) is 11.4 Å². The maximum absolute atomic E-state index is 12.8. The minimum atomic E-state index is -0.172. The molecule has 0 radical (unpaired) electrons. The van der Waals surface area contributed by atoms with Gasteiger partial charge >= 0.3 is 0 Å². The van der Waals surface area contributed by atoms with Crippen LogP contribution in [0.1, 0.15) is 30.6 Å². The van der Waals surface area contributed by atoms with Gasteiger partial charge < -0.3 is 20.3 Å². The molecule has 194 valence electrons.